The van der Waals surface area contributed by atoms with E-state index >= 15 is 0 Å². The zero-order valence-corrected chi connectivity index (χ0v) is 12.6. The van der Waals surface area contributed by atoms with Gasteiger partial charge >= 0.3 is 0 Å². The van der Waals surface area contributed by atoms with Crippen molar-refractivity contribution in [1.82, 2.24) is 15.6 Å². The van der Waals surface area contributed by atoms with Crippen LogP contribution in [0, 0.1) is 0 Å². The summed E-state index contributed by atoms with van der Waals surface area (Å²) in [5.41, 5.74) is 5.75. The summed E-state index contributed by atoms with van der Waals surface area (Å²) < 4.78 is 4.92. The molecule has 2 heterocycles. The van der Waals surface area contributed by atoms with Crippen molar-refractivity contribution in [2.45, 2.75) is 18.9 Å². The summed E-state index contributed by atoms with van der Waals surface area (Å²) in [6, 6.07) is -0.502. The standard InChI is InChI=1S/C12H19N5O3S/c1-20-6-5-15-12-17-9(13)8(21-12)11(19)16-7-3-2-4-14-10(7)18/h7H,2-6,13H2,1H3,(H,14,18)(H,15,17)(H,16,19). The summed E-state index contributed by atoms with van der Waals surface area (Å²) in [4.78, 5) is 28.2. The van der Waals surface area contributed by atoms with Crippen molar-refractivity contribution in [1.29, 1.82) is 0 Å². The summed E-state index contributed by atoms with van der Waals surface area (Å²) in [5.74, 6) is -0.364. The molecule has 5 N–H and O–H groups in total. The maximum atomic E-state index is 12.2. The molecule has 2 amide bonds. The van der Waals surface area contributed by atoms with Gasteiger partial charge in [0.15, 0.2) is 5.13 Å². The van der Waals surface area contributed by atoms with Gasteiger partial charge in [-0.2, -0.15) is 0 Å². The lowest BCUT2D eigenvalue weighted by atomic mass is 10.1. The van der Waals surface area contributed by atoms with Gasteiger partial charge in [0.05, 0.1) is 6.61 Å². The molecular weight excluding hydrogens is 294 g/mol. The lowest BCUT2D eigenvalue weighted by Crippen LogP contribution is -2.50. The van der Waals surface area contributed by atoms with Gasteiger partial charge < -0.3 is 26.4 Å². The quantitative estimate of drug-likeness (QED) is 0.540. The first-order valence-corrected chi connectivity index (χ1v) is 7.51. The number of anilines is 2. The number of hydrogen-bond acceptors (Lipinski definition) is 7. The number of thiazole rings is 1. The van der Waals surface area contributed by atoms with Crippen LogP contribution in [-0.4, -0.2) is 49.6 Å². The number of aromatic nitrogens is 1. The predicted octanol–water partition coefficient (Wildman–Crippen LogP) is -0.208. The molecular formula is C12H19N5O3S. The maximum Gasteiger partial charge on any atom is 0.265 e. The minimum absolute atomic E-state index is 0.156. The van der Waals surface area contributed by atoms with Crippen LogP contribution in [-0.2, 0) is 9.53 Å². The zero-order valence-electron chi connectivity index (χ0n) is 11.8. The van der Waals surface area contributed by atoms with E-state index in [2.05, 4.69) is 20.9 Å². The van der Waals surface area contributed by atoms with E-state index in [0.717, 1.165) is 17.8 Å². The number of nitrogens with two attached hydrogens (primary N) is 1. The molecule has 0 radical (unpaired) electrons. The van der Waals surface area contributed by atoms with Crippen molar-refractivity contribution in [3.05, 3.63) is 4.88 Å². The van der Waals surface area contributed by atoms with Gasteiger partial charge in [0.1, 0.15) is 16.7 Å². The van der Waals surface area contributed by atoms with Gasteiger partial charge in [-0.25, -0.2) is 4.98 Å². The van der Waals surface area contributed by atoms with E-state index < -0.39 is 6.04 Å². The second kappa shape index (κ2) is 7.23. The maximum absolute atomic E-state index is 12.2. The number of nitrogen functional groups attached to an aromatic ring is 1. The van der Waals surface area contributed by atoms with Crippen LogP contribution >= 0.6 is 11.3 Å². The van der Waals surface area contributed by atoms with Gasteiger partial charge in [-0.05, 0) is 12.8 Å². The summed E-state index contributed by atoms with van der Waals surface area (Å²) in [5, 5.41) is 8.99. The number of ether oxygens (including phenoxy) is 1. The Hall–Kier alpha value is -1.87. The molecule has 2 rings (SSSR count). The number of carbonyl (C=O) groups is 2. The number of nitrogens with zero attached hydrogens (tertiary/aromatic N) is 1. The number of piperidine rings is 1. The monoisotopic (exact) mass is 313 g/mol. The Bertz CT molecular complexity index is 519. The Labute approximate surface area is 126 Å². The average Bonchev–Trinajstić information content (AvgIpc) is 2.83. The van der Waals surface area contributed by atoms with Gasteiger partial charge in [-0.1, -0.05) is 11.3 Å². The third-order valence-corrected chi connectivity index (χ3v) is 4.06. The minimum Gasteiger partial charge on any atom is -0.383 e. The Balaban J connectivity index is 1.96. The van der Waals surface area contributed by atoms with Crippen molar-refractivity contribution < 1.29 is 14.3 Å². The average molecular weight is 313 g/mol. The molecule has 9 heteroatoms. The van der Waals surface area contributed by atoms with Gasteiger partial charge in [-0.15, -0.1) is 0 Å². The highest BCUT2D eigenvalue weighted by molar-refractivity contribution is 7.18. The fourth-order valence-corrected chi connectivity index (χ4v) is 2.78. The normalized spacial score (nSPS) is 18.1. The summed E-state index contributed by atoms with van der Waals surface area (Å²) in [6.07, 6.45) is 1.48. The summed E-state index contributed by atoms with van der Waals surface area (Å²) in [6.45, 7) is 1.76. The van der Waals surface area contributed by atoms with E-state index in [1.54, 1.807) is 7.11 Å². The fraction of sp³-hybridized carbons (Fsp3) is 0.583. The van der Waals surface area contributed by atoms with Gasteiger partial charge in [0.2, 0.25) is 5.91 Å². The Morgan fingerprint density at radius 1 is 1.62 bits per heavy atom. The zero-order chi connectivity index (χ0) is 15.2. The predicted molar refractivity (Wildman–Crippen MR) is 80.4 cm³/mol. The molecule has 8 nitrogen and oxygen atoms in total. The second-order valence-corrected chi connectivity index (χ2v) is 5.61. The van der Waals surface area contributed by atoms with Gasteiger partial charge in [0, 0.05) is 20.2 Å². The largest absolute Gasteiger partial charge is 0.383 e. The lowest BCUT2D eigenvalue weighted by Gasteiger charge is -2.22. The number of hydrogen-bond donors (Lipinski definition) is 4. The molecule has 0 aromatic carbocycles. The van der Waals surface area contributed by atoms with E-state index in [4.69, 9.17) is 10.5 Å². The Morgan fingerprint density at radius 3 is 3.14 bits per heavy atom. The molecule has 0 aliphatic carbocycles. The van der Waals surface area contributed by atoms with Crippen LogP contribution in [0.3, 0.4) is 0 Å². The van der Waals surface area contributed by atoms with Crippen molar-refractivity contribution >= 4 is 34.1 Å². The van der Waals surface area contributed by atoms with Crippen LogP contribution in [0.25, 0.3) is 0 Å². The number of rotatable bonds is 6. The smallest absolute Gasteiger partial charge is 0.265 e. The van der Waals surface area contributed by atoms with E-state index in [0.29, 0.717) is 36.1 Å². The number of carbonyl (C=O) groups excluding carboxylic acids is 2. The minimum atomic E-state index is -0.502. The molecule has 1 unspecified atom stereocenters. The molecule has 1 aliphatic rings. The second-order valence-electron chi connectivity index (χ2n) is 4.61. The number of amides is 2. The van der Waals surface area contributed by atoms with E-state index in [1.807, 2.05) is 0 Å². The van der Waals surface area contributed by atoms with Crippen molar-refractivity contribution in [3.63, 3.8) is 0 Å². The van der Waals surface area contributed by atoms with E-state index in [1.165, 1.54) is 0 Å². The van der Waals surface area contributed by atoms with E-state index in [-0.39, 0.29) is 17.6 Å². The highest BCUT2D eigenvalue weighted by Gasteiger charge is 2.26. The van der Waals surface area contributed by atoms with Gasteiger partial charge in [-0.3, -0.25) is 9.59 Å². The molecule has 1 aliphatic heterocycles. The molecule has 0 saturated carbocycles. The van der Waals surface area contributed by atoms with Crippen LogP contribution in [0.2, 0.25) is 0 Å². The Morgan fingerprint density at radius 2 is 2.43 bits per heavy atom. The molecule has 1 aromatic heterocycles. The van der Waals surface area contributed by atoms with Crippen molar-refractivity contribution in [3.8, 4) is 0 Å². The first-order chi connectivity index (χ1) is 10.1. The molecule has 116 valence electrons. The lowest BCUT2D eigenvalue weighted by molar-refractivity contribution is -0.124. The SMILES string of the molecule is COCCNc1nc(N)c(C(=O)NC2CCCNC2=O)s1. The molecule has 0 spiro atoms. The summed E-state index contributed by atoms with van der Waals surface area (Å²) in [7, 11) is 1.60. The fourth-order valence-electron chi connectivity index (χ4n) is 1.96. The third kappa shape index (κ3) is 4.05. The Kier molecular flexibility index (Phi) is 5.34. The summed E-state index contributed by atoms with van der Waals surface area (Å²) >= 11 is 1.16. The molecule has 1 saturated heterocycles. The first-order valence-electron chi connectivity index (χ1n) is 6.69. The molecule has 1 fully saturated rings. The van der Waals surface area contributed by atoms with Crippen LogP contribution in [0.5, 0.6) is 0 Å². The van der Waals surface area contributed by atoms with Crippen LogP contribution in [0.15, 0.2) is 0 Å². The van der Waals surface area contributed by atoms with Crippen molar-refractivity contribution in [2.75, 3.05) is 37.9 Å². The number of nitrogens with one attached hydrogen (secondary N) is 3. The van der Waals surface area contributed by atoms with E-state index in [9.17, 15) is 9.59 Å². The molecule has 1 atom stereocenters. The highest BCUT2D eigenvalue weighted by Crippen LogP contribution is 2.25. The van der Waals surface area contributed by atoms with Gasteiger partial charge in [0.25, 0.3) is 5.91 Å². The first kappa shape index (κ1) is 15.5. The van der Waals surface area contributed by atoms with Crippen LogP contribution in [0.4, 0.5) is 10.9 Å². The highest BCUT2D eigenvalue weighted by atomic mass is 32.1. The topological polar surface area (TPSA) is 118 Å². The van der Waals surface area contributed by atoms with Crippen molar-refractivity contribution in [2.24, 2.45) is 0 Å². The van der Waals surface area contributed by atoms with Crippen LogP contribution < -0.4 is 21.7 Å². The number of methoxy groups -OCH3 is 1. The van der Waals surface area contributed by atoms with Crippen LogP contribution in [0.1, 0.15) is 22.5 Å². The molecule has 1 aromatic rings. The molecule has 21 heavy (non-hydrogen) atoms. The third-order valence-electron chi connectivity index (χ3n) is 3.03. The molecule has 0 bridgehead atoms.